The molecule has 0 aliphatic heterocycles. The van der Waals surface area contributed by atoms with Gasteiger partial charge >= 0.3 is 0 Å². The number of unbranched alkanes of at least 4 members (excludes halogenated alkanes) is 10. The fourth-order valence-corrected chi connectivity index (χ4v) is 1.93. The van der Waals surface area contributed by atoms with Crippen LogP contribution in [0.5, 0.6) is 0 Å². The smallest absolute Gasteiger partial charge is 0.278 e. The largest absolute Gasteiger partial charge is 0.343 e. The highest BCUT2D eigenvalue weighted by Crippen LogP contribution is 2.13. The molecule has 0 fully saturated rings. The van der Waals surface area contributed by atoms with E-state index in [0.717, 1.165) is 19.3 Å². The van der Waals surface area contributed by atoms with Gasteiger partial charge in [-0.25, -0.2) is 0 Å². The second-order valence-electron chi connectivity index (χ2n) is 4.86. The molecule has 1 radical (unpaired) electrons. The summed E-state index contributed by atoms with van der Waals surface area (Å²) in [4.78, 5) is 0. The molecule has 0 aromatic heterocycles. The van der Waals surface area contributed by atoms with E-state index in [1.54, 1.807) is 0 Å². The molecule has 0 aliphatic carbocycles. The van der Waals surface area contributed by atoms with Crippen LogP contribution >= 0.6 is 0 Å². The van der Waals surface area contributed by atoms with Crippen LogP contribution in [0.15, 0.2) is 0 Å². The van der Waals surface area contributed by atoms with E-state index in [1.807, 2.05) is 0 Å². The highest BCUT2D eigenvalue weighted by atomic mass is 16.7. The second kappa shape index (κ2) is 11.0. The zero-order valence-electron chi connectivity index (χ0n) is 11.2. The minimum absolute atomic E-state index is 0.556. The monoisotopic (exact) mass is 245 g/mol. The summed E-state index contributed by atoms with van der Waals surface area (Å²) < 4.78 is 0. The molecule has 3 nitrogen and oxygen atoms in total. The number of rotatable bonds is 12. The van der Waals surface area contributed by atoms with Gasteiger partial charge in [0.05, 0.1) is 6.42 Å². The normalized spacial score (nSPS) is 12.0. The third kappa shape index (κ3) is 15.9. The fraction of sp³-hybridized carbons (Fsp3) is 0.929. The summed E-state index contributed by atoms with van der Waals surface area (Å²) in [7, 11) is 0. The first-order valence-electron chi connectivity index (χ1n) is 7.07. The molecule has 0 bridgehead atoms. The molecule has 0 heterocycles. The third-order valence-corrected chi connectivity index (χ3v) is 2.98. The van der Waals surface area contributed by atoms with Crippen LogP contribution in [0.4, 0.5) is 0 Å². The summed E-state index contributed by atoms with van der Waals surface area (Å²) in [6, 6.07) is 0. The van der Waals surface area contributed by atoms with Gasteiger partial charge in [-0.3, -0.25) is 0 Å². The van der Waals surface area contributed by atoms with Crippen molar-refractivity contribution in [1.29, 1.82) is 0 Å². The highest BCUT2D eigenvalue weighted by Gasteiger charge is 2.16. The van der Waals surface area contributed by atoms with E-state index in [9.17, 15) is 0 Å². The van der Waals surface area contributed by atoms with Gasteiger partial charge in [-0.2, -0.15) is 0 Å². The standard InChI is InChI=1S/C14H29O3/c1-2-3-4-5-6-7-8-9-10-11-12-13-14(15,16)17/h13,15-17H,2-12H2,1H3. The van der Waals surface area contributed by atoms with Gasteiger partial charge in [0.1, 0.15) is 0 Å². The molecule has 3 N–H and O–H groups in total. The van der Waals surface area contributed by atoms with Gasteiger partial charge in [0, 0.05) is 0 Å². The van der Waals surface area contributed by atoms with E-state index < -0.39 is 5.97 Å². The van der Waals surface area contributed by atoms with Crippen molar-refractivity contribution in [3.05, 3.63) is 6.42 Å². The molecule has 0 saturated heterocycles. The molecule has 3 heteroatoms. The van der Waals surface area contributed by atoms with Crippen LogP contribution in [0, 0.1) is 6.42 Å². The van der Waals surface area contributed by atoms with Crippen molar-refractivity contribution < 1.29 is 15.3 Å². The zero-order chi connectivity index (χ0) is 13.0. The number of hydrogen-bond acceptors (Lipinski definition) is 3. The maximum absolute atomic E-state index is 8.62. The van der Waals surface area contributed by atoms with Gasteiger partial charge in [0.15, 0.2) is 0 Å². The van der Waals surface area contributed by atoms with E-state index in [-0.39, 0.29) is 0 Å². The van der Waals surface area contributed by atoms with Crippen LogP contribution < -0.4 is 0 Å². The van der Waals surface area contributed by atoms with Crippen LogP contribution in [0.2, 0.25) is 0 Å². The van der Waals surface area contributed by atoms with Gasteiger partial charge in [-0.1, -0.05) is 71.1 Å². The topological polar surface area (TPSA) is 60.7 Å². The average molecular weight is 245 g/mol. The van der Waals surface area contributed by atoms with Crippen molar-refractivity contribution in [3.8, 4) is 0 Å². The Morgan fingerprint density at radius 3 is 1.53 bits per heavy atom. The Morgan fingerprint density at radius 1 is 0.706 bits per heavy atom. The highest BCUT2D eigenvalue weighted by molar-refractivity contribution is 4.71. The lowest BCUT2D eigenvalue weighted by molar-refractivity contribution is -0.287. The van der Waals surface area contributed by atoms with Crippen molar-refractivity contribution in [2.75, 3.05) is 0 Å². The Labute approximate surface area is 106 Å². The van der Waals surface area contributed by atoms with Crippen LogP contribution in [0.1, 0.15) is 77.6 Å². The summed E-state index contributed by atoms with van der Waals surface area (Å²) in [5, 5.41) is 25.9. The van der Waals surface area contributed by atoms with Crippen molar-refractivity contribution in [1.82, 2.24) is 0 Å². The van der Waals surface area contributed by atoms with E-state index >= 15 is 0 Å². The van der Waals surface area contributed by atoms with Gasteiger partial charge < -0.3 is 15.3 Å². The van der Waals surface area contributed by atoms with Crippen molar-refractivity contribution in [2.24, 2.45) is 0 Å². The first-order valence-corrected chi connectivity index (χ1v) is 7.07. The van der Waals surface area contributed by atoms with Crippen LogP contribution in [0.3, 0.4) is 0 Å². The van der Waals surface area contributed by atoms with Gasteiger partial charge in [0.25, 0.3) is 5.97 Å². The predicted molar refractivity (Wildman–Crippen MR) is 70.1 cm³/mol. The van der Waals surface area contributed by atoms with Crippen molar-refractivity contribution in [2.45, 2.75) is 83.5 Å². The summed E-state index contributed by atoms with van der Waals surface area (Å²) >= 11 is 0. The molecule has 0 aromatic rings. The molecule has 0 aromatic carbocycles. The minimum Gasteiger partial charge on any atom is -0.343 e. The molecule has 0 spiro atoms. The first-order chi connectivity index (χ1) is 8.06. The van der Waals surface area contributed by atoms with E-state index in [1.165, 1.54) is 51.4 Å². The molecular formula is C14H29O3. The summed E-state index contributed by atoms with van der Waals surface area (Å²) in [6.45, 7) is 2.23. The molecule has 0 amide bonds. The Balaban J connectivity index is 2.99. The Kier molecular flexibility index (Phi) is 10.9. The summed E-state index contributed by atoms with van der Waals surface area (Å²) in [5.41, 5.74) is 0. The minimum atomic E-state index is -2.58. The molecule has 0 atom stereocenters. The number of aliphatic hydroxyl groups is 3. The van der Waals surface area contributed by atoms with Crippen molar-refractivity contribution in [3.63, 3.8) is 0 Å². The van der Waals surface area contributed by atoms with Crippen LogP contribution in [0.25, 0.3) is 0 Å². The van der Waals surface area contributed by atoms with Gasteiger partial charge in [0.2, 0.25) is 0 Å². The first kappa shape index (κ1) is 16.9. The number of hydrogen-bond donors (Lipinski definition) is 3. The Hall–Kier alpha value is -0.120. The Morgan fingerprint density at radius 2 is 1.12 bits per heavy atom. The van der Waals surface area contributed by atoms with Crippen LogP contribution in [-0.4, -0.2) is 21.3 Å². The quantitative estimate of drug-likeness (QED) is 0.366. The van der Waals surface area contributed by atoms with E-state index in [2.05, 4.69) is 6.92 Å². The average Bonchev–Trinajstić information content (AvgIpc) is 2.24. The molecule has 0 unspecified atom stereocenters. The second-order valence-corrected chi connectivity index (χ2v) is 4.86. The molecule has 17 heavy (non-hydrogen) atoms. The van der Waals surface area contributed by atoms with Gasteiger partial charge in [-0.15, -0.1) is 0 Å². The lowest BCUT2D eigenvalue weighted by Gasteiger charge is -2.12. The van der Waals surface area contributed by atoms with Crippen molar-refractivity contribution >= 4 is 0 Å². The maximum Gasteiger partial charge on any atom is 0.278 e. The third-order valence-electron chi connectivity index (χ3n) is 2.98. The summed E-state index contributed by atoms with van der Waals surface area (Å²) in [6.07, 6.45) is 14.3. The van der Waals surface area contributed by atoms with E-state index in [0.29, 0.717) is 6.42 Å². The molecule has 0 aliphatic rings. The Bertz CT molecular complexity index is 152. The fourth-order valence-electron chi connectivity index (χ4n) is 1.93. The van der Waals surface area contributed by atoms with E-state index in [4.69, 9.17) is 15.3 Å². The molecular weight excluding hydrogens is 216 g/mol. The van der Waals surface area contributed by atoms with Crippen LogP contribution in [-0.2, 0) is 0 Å². The SMILES string of the molecule is CCCCCCCCCCCC[CH]C(O)(O)O. The predicted octanol–water partition coefficient (Wildman–Crippen LogP) is 3.13. The summed E-state index contributed by atoms with van der Waals surface area (Å²) in [5.74, 6) is -2.58. The lowest BCUT2D eigenvalue weighted by atomic mass is 10.1. The molecule has 0 rings (SSSR count). The zero-order valence-corrected chi connectivity index (χ0v) is 11.2. The molecule has 0 saturated carbocycles. The molecule has 103 valence electrons. The van der Waals surface area contributed by atoms with Gasteiger partial charge in [-0.05, 0) is 6.42 Å². The maximum atomic E-state index is 8.62. The lowest BCUT2D eigenvalue weighted by Crippen LogP contribution is -2.27.